The smallest absolute Gasteiger partial charge is 0.0412 e. The molecule has 0 heterocycles. The summed E-state index contributed by atoms with van der Waals surface area (Å²) in [5, 5.41) is 0.721. The van der Waals surface area contributed by atoms with Crippen LogP contribution in [0.15, 0.2) is 29.8 Å². The molecule has 0 unspecified atom stereocenters. The second-order valence-corrected chi connectivity index (χ2v) is 2.80. The van der Waals surface area contributed by atoms with E-state index >= 15 is 0 Å². The van der Waals surface area contributed by atoms with E-state index in [1.54, 1.807) is 19.3 Å². The normalized spacial score (nSPS) is 10.5. The van der Waals surface area contributed by atoms with Crippen molar-refractivity contribution < 1.29 is 0 Å². The van der Waals surface area contributed by atoms with Crippen molar-refractivity contribution in [1.29, 1.82) is 0 Å². The van der Waals surface area contributed by atoms with Gasteiger partial charge in [0.1, 0.15) is 0 Å². The molecular formula is C10H10ClN. The van der Waals surface area contributed by atoms with Crippen molar-refractivity contribution >= 4 is 23.9 Å². The lowest BCUT2D eigenvalue weighted by molar-refractivity contribution is 1.46. The maximum atomic E-state index is 5.80. The van der Waals surface area contributed by atoms with Gasteiger partial charge in [-0.2, -0.15) is 0 Å². The van der Waals surface area contributed by atoms with Gasteiger partial charge in [-0.25, -0.2) is 0 Å². The third kappa shape index (κ3) is 1.95. The van der Waals surface area contributed by atoms with Crippen LogP contribution in [-0.4, -0.2) is 13.3 Å². The summed E-state index contributed by atoms with van der Waals surface area (Å²) in [5.41, 5.74) is 2.05. The molecule has 0 fully saturated rings. The molecule has 1 rings (SSSR count). The van der Waals surface area contributed by atoms with Gasteiger partial charge >= 0.3 is 0 Å². The van der Waals surface area contributed by atoms with Crippen LogP contribution in [-0.2, 0) is 0 Å². The average Bonchev–Trinajstić information content (AvgIpc) is 2.08. The number of halogens is 1. The van der Waals surface area contributed by atoms with Gasteiger partial charge in [0.25, 0.3) is 0 Å². The number of rotatable bonds is 2. The highest BCUT2D eigenvalue weighted by molar-refractivity contribution is 6.30. The van der Waals surface area contributed by atoms with Crippen molar-refractivity contribution in [2.75, 3.05) is 7.05 Å². The van der Waals surface area contributed by atoms with Crippen LogP contribution in [0.25, 0.3) is 6.08 Å². The number of nitrogens with zero attached hydrogens (tertiary/aromatic N) is 1. The van der Waals surface area contributed by atoms with E-state index in [-0.39, 0.29) is 0 Å². The van der Waals surface area contributed by atoms with Crippen molar-refractivity contribution in [1.82, 2.24) is 0 Å². The predicted molar refractivity (Wildman–Crippen MR) is 55.1 cm³/mol. The fraction of sp³-hybridized carbons (Fsp3) is 0.100. The topological polar surface area (TPSA) is 12.4 Å². The first kappa shape index (κ1) is 9.01. The molecule has 0 saturated carbocycles. The summed E-state index contributed by atoms with van der Waals surface area (Å²) in [6.45, 7) is 3.69. The van der Waals surface area contributed by atoms with Gasteiger partial charge in [0.2, 0.25) is 0 Å². The van der Waals surface area contributed by atoms with Crippen molar-refractivity contribution in [3.8, 4) is 0 Å². The quantitative estimate of drug-likeness (QED) is 0.619. The lowest BCUT2D eigenvalue weighted by atomic mass is 10.1. The standard InChI is InChI=1S/C10H10ClN/c1-3-8-6-10(11)5-4-9(8)7-12-2/h3-7H,1H2,2H3. The van der Waals surface area contributed by atoms with Crippen LogP contribution in [0.3, 0.4) is 0 Å². The van der Waals surface area contributed by atoms with Crippen LogP contribution in [0.1, 0.15) is 11.1 Å². The van der Waals surface area contributed by atoms with E-state index in [1.807, 2.05) is 18.2 Å². The molecule has 0 atom stereocenters. The molecule has 0 spiro atoms. The Kier molecular flexibility index (Phi) is 3.06. The molecule has 0 amide bonds. The summed E-state index contributed by atoms with van der Waals surface area (Å²) in [5.74, 6) is 0. The van der Waals surface area contributed by atoms with Crippen LogP contribution in [0, 0.1) is 0 Å². The van der Waals surface area contributed by atoms with Gasteiger partial charge in [-0.05, 0) is 23.3 Å². The number of benzene rings is 1. The van der Waals surface area contributed by atoms with Gasteiger partial charge in [0.15, 0.2) is 0 Å². The second-order valence-electron chi connectivity index (χ2n) is 2.36. The van der Waals surface area contributed by atoms with Crippen LogP contribution < -0.4 is 0 Å². The molecule has 62 valence electrons. The van der Waals surface area contributed by atoms with Crippen LogP contribution in [0.4, 0.5) is 0 Å². The van der Waals surface area contributed by atoms with Gasteiger partial charge < -0.3 is 0 Å². The van der Waals surface area contributed by atoms with Gasteiger partial charge in [-0.1, -0.05) is 30.3 Å². The maximum Gasteiger partial charge on any atom is 0.0412 e. The van der Waals surface area contributed by atoms with Crippen LogP contribution in [0.5, 0.6) is 0 Å². The van der Waals surface area contributed by atoms with Crippen molar-refractivity contribution in [3.05, 3.63) is 40.9 Å². The van der Waals surface area contributed by atoms with E-state index in [0.29, 0.717) is 0 Å². The lowest BCUT2D eigenvalue weighted by Crippen LogP contribution is -1.85. The molecule has 2 heteroatoms. The minimum Gasteiger partial charge on any atom is -0.296 e. The minimum absolute atomic E-state index is 0.721. The Morgan fingerprint density at radius 2 is 2.17 bits per heavy atom. The molecule has 0 bridgehead atoms. The van der Waals surface area contributed by atoms with Crippen molar-refractivity contribution in [2.24, 2.45) is 4.99 Å². The van der Waals surface area contributed by atoms with E-state index in [1.165, 1.54) is 0 Å². The largest absolute Gasteiger partial charge is 0.296 e. The summed E-state index contributed by atoms with van der Waals surface area (Å²) < 4.78 is 0. The first-order valence-electron chi connectivity index (χ1n) is 3.62. The zero-order valence-electron chi connectivity index (χ0n) is 6.92. The zero-order valence-corrected chi connectivity index (χ0v) is 7.67. The third-order valence-electron chi connectivity index (χ3n) is 1.54. The van der Waals surface area contributed by atoms with Crippen molar-refractivity contribution in [2.45, 2.75) is 0 Å². The molecule has 0 aliphatic heterocycles. The molecule has 0 aromatic heterocycles. The Morgan fingerprint density at radius 3 is 2.75 bits per heavy atom. The summed E-state index contributed by atoms with van der Waals surface area (Å²) in [6, 6.07) is 5.63. The molecule has 12 heavy (non-hydrogen) atoms. The third-order valence-corrected chi connectivity index (χ3v) is 1.77. The second kappa shape index (κ2) is 4.07. The summed E-state index contributed by atoms with van der Waals surface area (Å²) in [4.78, 5) is 3.93. The Labute approximate surface area is 77.4 Å². The van der Waals surface area contributed by atoms with Gasteiger partial charge in [0.05, 0.1) is 0 Å². The number of hydrogen-bond acceptors (Lipinski definition) is 1. The number of hydrogen-bond donors (Lipinski definition) is 0. The Hall–Kier alpha value is -1.08. The highest BCUT2D eigenvalue weighted by atomic mass is 35.5. The average molecular weight is 180 g/mol. The first-order valence-corrected chi connectivity index (χ1v) is 4.00. The van der Waals surface area contributed by atoms with Gasteiger partial charge in [-0.15, -0.1) is 0 Å². The Bertz CT molecular complexity index is 316. The predicted octanol–water partition coefficient (Wildman–Crippen LogP) is 3.03. The highest BCUT2D eigenvalue weighted by Gasteiger charge is 1.96. The van der Waals surface area contributed by atoms with E-state index in [0.717, 1.165) is 16.1 Å². The fourth-order valence-electron chi connectivity index (χ4n) is 0.979. The molecule has 0 radical (unpaired) electrons. The molecule has 0 N–H and O–H groups in total. The zero-order chi connectivity index (χ0) is 8.97. The van der Waals surface area contributed by atoms with Gasteiger partial charge in [-0.3, -0.25) is 4.99 Å². The summed E-state index contributed by atoms with van der Waals surface area (Å²) in [7, 11) is 1.74. The van der Waals surface area contributed by atoms with Crippen LogP contribution in [0.2, 0.25) is 5.02 Å². The molecule has 1 aromatic carbocycles. The Balaban J connectivity index is 3.19. The molecule has 0 aliphatic carbocycles. The van der Waals surface area contributed by atoms with Crippen LogP contribution >= 0.6 is 11.6 Å². The monoisotopic (exact) mass is 179 g/mol. The molecule has 0 saturated heterocycles. The Morgan fingerprint density at radius 1 is 1.42 bits per heavy atom. The fourth-order valence-corrected chi connectivity index (χ4v) is 1.16. The van der Waals surface area contributed by atoms with E-state index in [2.05, 4.69) is 11.6 Å². The first-order chi connectivity index (χ1) is 5.77. The van der Waals surface area contributed by atoms with E-state index in [9.17, 15) is 0 Å². The molecule has 1 aromatic rings. The highest BCUT2D eigenvalue weighted by Crippen LogP contribution is 2.15. The SMILES string of the molecule is C=Cc1cc(Cl)ccc1C=NC. The molecular weight excluding hydrogens is 170 g/mol. The summed E-state index contributed by atoms with van der Waals surface area (Å²) >= 11 is 5.80. The lowest BCUT2D eigenvalue weighted by Gasteiger charge is -1.99. The van der Waals surface area contributed by atoms with Gasteiger partial charge in [0, 0.05) is 18.3 Å². The number of aliphatic imine (C=N–C) groups is 1. The molecule has 0 aliphatic rings. The minimum atomic E-state index is 0.721. The van der Waals surface area contributed by atoms with E-state index in [4.69, 9.17) is 11.6 Å². The summed E-state index contributed by atoms with van der Waals surface area (Å²) in [6.07, 6.45) is 3.55. The van der Waals surface area contributed by atoms with E-state index < -0.39 is 0 Å². The van der Waals surface area contributed by atoms with Crippen molar-refractivity contribution in [3.63, 3.8) is 0 Å². The maximum absolute atomic E-state index is 5.80. The molecule has 1 nitrogen and oxygen atoms in total.